The third-order valence-electron chi connectivity index (χ3n) is 8.16. The van der Waals surface area contributed by atoms with Gasteiger partial charge in [0.05, 0.1) is 0 Å². The molecule has 0 spiro atoms. The average molecular weight is 506 g/mol. The Balaban J connectivity index is 1.24. The van der Waals surface area contributed by atoms with Gasteiger partial charge in [0, 0.05) is 0 Å². The van der Waals surface area contributed by atoms with Crippen LogP contribution < -0.4 is 4.74 Å². The van der Waals surface area contributed by atoms with Crippen LogP contribution in [0.5, 0.6) is 5.75 Å². The van der Waals surface area contributed by atoms with E-state index in [4.69, 9.17) is 5.26 Å². The Bertz CT molecular complexity index is 868. The maximum atomic E-state index is 12.8. The number of nitriles is 1. The molecule has 0 radical (unpaired) electrons. The third-order valence-corrected chi connectivity index (χ3v) is 8.16. The first-order chi connectivity index (χ1) is 17.3. The number of aryl methyl sites for hydroxylation is 1. The summed E-state index contributed by atoms with van der Waals surface area (Å²) in [6.45, 7) is 0. The minimum Gasteiger partial charge on any atom is -0.406 e. The summed E-state index contributed by atoms with van der Waals surface area (Å²) >= 11 is 0. The molecule has 0 atom stereocenters. The molecule has 2 nitrogen and oxygen atoms in total. The molecule has 0 aliphatic heterocycles. The van der Waals surface area contributed by atoms with Gasteiger partial charge in [0.25, 0.3) is 0 Å². The Hall–Kier alpha value is -2.29. The van der Waals surface area contributed by atoms with Gasteiger partial charge in [-0.1, -0.05) is 62.8 Å². The highest BCUT2D eigenvalue weighted by Gasteiger charge is 2.31. The summed E-state index contributed by atoms with van der Waals surface area (Å²) in [5, 5.41) is 8.41. The van der Waals surface area contributed by atoms with E-state index in [1.165, 1.54) is 88.5 Å². The van der Waals surface area contributed by atoms with Crippen LogP contribution in [0.4, 0.5) is 17.6 Å². The van der Waals surface area contributed by atoms with Crippen LogP contribution in [-0.2, 0) is 6.42 Å². The van der Waals surface area contributed by atoms with Crippen LogP contribution in [0.3, 0.4) is 0 Å². The molecular formula is C30H39F4NO. The van der Waals surface area contributed by atoms with E-state index in [-0.39, 0.29) is 5.75 Å². The molecule has 36 heavy (non-hydrogen) atoms. The summed E-state index contributed by atoms with van der Waals surface area (Å²) in [6.07, 6.45) is 17.4. The molecule has 0 unspecified atom stereocenters. The number of rotatable bonds is 11. The van der Waals surface area contributed by atoms with Gasteiger partial charge in [-0.2, -0.15) is 9.65 Å². The Morgan fingerprint density at radius 1 is 0.889 bits per heavy atom. The molecule has 0 amide bonds. The molecular weight excluding hydrogens is 466 g/mol. The fraction of sp³-hybridized carbons (Fsp3) is 0.633. The number of allylic oxidation sites excluding steroid dienone is 4. The predicted octanol–water partition coefficient (Wildman–Crippen LogP) is 9.62. The van der Waals surface area contributed by atoms with E-state index < -0.39 is 12.2 Å². The molecule has 0 saturated heterocycles. The summed E-state index contributed by atoms with van der Waals surface area (Å²) in [5.41, 5.74) is 1.06. The summed E-state index contributed by atoms with van der Waals surface area (Å²) in [4.78, 5) is 0. The van der Waals surface area contributed by atoms with Crippen molar-refractivity contribution in [3.8, 4) is 11.8 Å². The number of ether oxygens (including phenoxy) is 1. The molecule has 198 valence electrons. The van der Waals surface area contributed by atoms with Crippen molar-refractivity contribution in [3.05, 3.63) is 53.9 Å². The van der Waals surface area contributed by atoms with Gasteiger partial charge >= 0.3 is 6.36 Å². The minimum atomic E-state index is -4.64. The number of nitrogens with zero attached hydrogens (tertiary/aromatic N) is 1. The summed E-state index contributed by atoms with van der Waals surface area (Å²) in [5.74, 6) is 2.47. The van der Waals surface area contributed by atoms with Crippen molar-refractivity contribution in [2.75, 3.05) is 0 Å². The lowest BCUT2D eigenvalue weighted by Crippen LogP contribution is -2.25. The van der Waals surface area contributed by atoms with E-state index in [9.17, 15) is 17.6 Å². The van der Waals surface area contributed by atoms with Crippen LogP contribution in [-0.4, -0.2) is 6.36 Å². The molecule has 1 aromatic carbocycles. The number of benzene rings is 1. The van der Waals surface area contributed by atoms with Gasteiger partial charge in [0.1, 0.15) is 11.8 Å². The van der Waals surface area contributed by atoms with Crippen LogP contribution in [0, 0.1) is 35.0 Å². The van der Waals surface area contributed by atoms with Crippen molar-refractivity contribution in [3.63, 3.8) is 0 Å². The highest BCUT2D eigenvalue weighted by molar-refractivity contribution is 5.27. The minimum absolute atomic E-state index is 0.160. The lowest BCUT2D eigenvalue weighted by atomic mass is 9.68. The normalized spacial score (nSPS) is 25.6. The second-order valence-corrected chi connectivity index (χ2v) is 10.6. The zero-order chi connectivity index (χ0) is 25.8. The molecule has 3 rings (SSSR count). The van der Waals surface area contributed by atoms with Gasteiger partial charge in [-0.15, -0.1) is 13.2 Å². The molecule has 6 heteroatoms. The van der Waals surface area contributed by atoms with E-state index in [1.807, 2.05) is 6.08 Å². The highest BCUT2D eigenvalue weighted by Crippen LogP contribution is 2.43. The number of halogens is 4. The van der Waals surface area contributed by atoms with Gasteiger partial charge in [0.15, 0.2) is 5.83 Å². The van der Waals surface area contributed by atoms with Crippen LogP contribution in [0.1, 0.15) is 89.0 Å². The SMILES string of the molecule is N#C/C(F)=C/C=C/CCC1CCC([C@H]2CC[C@H](CCCCc3ccc(OC(F)(F)F)cc3)CC2)CC1. The fourth-order valence-electron chi connectivity index (χ4n) is 6.13. The Kier molecular flexibility index (Phi) is 11.4. The second kappa shape index (κ2) is 14.4. The summed E-state index contributed by atoms with van der Waals surface area (Å²) < 4.78 is 53.5. The van der Waals surface area contributed by atoms with Crippen molar-refractivity contribution >= 4 is 0 Å². The Morgan fingerprint density at radius 2 is 1.47 bits per heavy atom. The van der Waals surface area contributed by atoms with Crippen molar-refractivity contribution in [2.45, 2.75) is 96.3 Å². The maximum absolute atomic E-state index is 12.8. The molecule has 0 aromatic heterocycles. The second-order valence-electron chi connectivity index (χ2n) is 10.6. The number of alkyl halides is 3. The van der Waals surface area contributed by atoms with Gasteiger partial charge in [-0.3, -0.25) is 0 Å². The molecule has 2 saturated carbocycles. The van der Waals surface area contributed by atoms with E-state index in [2.05, 4.69) is 4.74 Å². The van der Waals surface area contributed by atoms with Gasteiger partial charge in [-0.05, 0) is 98.8 Å². The Labute approximate surface area is 213 Å². The van der Waals surface area contributed by atoms with Crippen molar-refractivity contribution in [1.29, 1.82) is 5.26 Å². The first-order valence-corrected chi connectivity index (χ1v) is 13.6. The van der Waals surface area contributed by atoms with Crippen molar-refractivity contribution in [2.24, 2.45) is 23.7 Å². The molecule has 1 aromatic rings. The van der Waals surface area contributed by atoms with Gasteiger partial charge in [-0.25, -0.2) is 0 Å². The first-order valence-electron chi connectivity index (χ1n) is 13.6. The highest BCUT2D eigenvalue weighted by atomic mass is 19.4. The average Bonchev–Trinajstić information content (AvgIpc) is 2.87. The fourth-order valence-corrected chi connectivity index (χ4v) is 6.13. The first kappa shape index (κ1) is 28.3. The molecule has 0 heterocycles. The van der Waals surface area contributed by atoms with E-state index >= 15 is 0 Å². The summed E-state index contributed by atoms with van der Waals surface area (Å²) in [7, 11) is 0. The molecule has 0 bridgehead atoms. The molecule has 0 N–H and O–H groups in total. The van der Waals surface area contributed by atoms with Crippen LogP contribution in [0.2, 0.25) is 0 Å². The zero-order valence-corrected chi connectivity index (χ0v) is 21.1. The van der Waals surface area contributed by atoms with Crippen LogP contribution in [0.25, 0.3) is 0 Å². The lowest BCUT2D eigenvalue weighted by Gasteiger charge is -2.38. The smallest absolute Gasteiger partial charge is 0.406 e. The number of hydrogen-bond acceptors (Lipinski definition) is 2. The standard InChI is InChI=1S/C30H39F4NO/c31-28(22-35)9-3-1-2-6-23-10-16-26(17-11-23)27-18-12-24(13-19-27)7-4-5-8-25-14-20-29(21-15-25)36-30(32,33)34/h1,3,9,14-15,20-21,23-24,26-27H,2,4-8,10-13,16-19H2/b3-1+,28-9-/t23?,24-,26?,27-. The molecule has 2 aliphatic rings. The van der Waals surface area contributed by atoms with Crippen molar-refractivity contribution in [1.82, 2.24) is 0 Å². The molecule has 2 fully saturated rings. The number of hydrogen-bond donors (Lipinski definition) is 0. The number of unbranched alkanes of at least 4 members (excludes halogenated alkanes) is 1. The monoisotopic (exact) mass is 505 g/mol. The van der Waals surface area contributed by atoms with Gasteiger partial charge in [0.2, 0.25) is 0 Å². The predicted molar refractivity (Wildman–Crippen MR) is 135 cm³/mol. The third kappa shape index (κ3) is 10.4. The largest absolute Gasteiger partial charge is 0.573 e. The van der Waals surface area contributed by atoms with E-state index in [1.54, 1.807) is 18.2 Å². The van der Waals surface area contributed by atoms with E-state index in [0.717, 1.165) is 54.9 Å². The van der Waals surface area contributed by atoms with Crippen LogP contribution in [0.15, 0.2) is 48.3 Å². The zero-order valence-electron chi connectivity index (χ0n) is 21.1. The summed E-state index contributed by atoms with van der Waals surface area (Å²) in [6, 6.07) is 7.73. The quantitative estimate of drug-likeness (QED) is 0.130. The van der Waals surface area contributed by atoms with E-state index in [0.29, 0.717) is 0 Å². The van der Waals surface area contributed by atoms with Crippen LogP contribution >= 0.6 is 0 Å². The maximum Gasteiger partial charge on any atom is 0.573 e. The molecule has 2 aliphatic carbocycles. The van der Waals surface area contributed by atoms with Gasteiger partial charge < -0.3 is 4.74 Å². The topological polar surface area (TPSA) is 33.0 Å². The van der Waals surface area contributed by atoms with Crippen molar-refractivity contribution < 1.29 is 22.3 Å². The lowest BCUT2D eigenvalue weighted by molar-refractivity contribution is -0.274. The Morgan fingerprint density at radius 3 is 2.03 bits per heavy atom.